The topological polar surface area (TPSA) is 95.5 Å². The Hall–Kier alpha value is -3.29. The third kappa shape index (κ3) is 6.46. The van der Waals surface area contributed by atoms with E-state index in [0.717, 1.165) is 17.7 Å². The number of carboxylic acids is 1. The van der Waals surface area contributed by atoms with E-state index in [1.807, 2.05) is 6.07 Å². The second-order valence-electron chi connectivity index (χ2n) is 6.13. The van der Waals surface area contributed by atoms with Gasteiger partial charge in [0.1, 0.15) is 17.7 Å². The zero-order valence-corrected chi connectivity index (χ0v) is 15.0. The summed E-state index contributed by atoms with van der Waals surface area (Å²) in [4.78, 5) is 35.1. The molecule has 0 bridgehead atoms. The number of halogens is 2. The number of carbonyl (C=O) groups is 3. The standard InChI is InChI=1S/C20H20F2N2O4/c21-14-8-9-15(16(22)12-14)19(26)23-10-4-7-18(25)24-17(20(27)28)11-13-5-2-1-3-6-13/h1-3,5-6,8-9,12,17H,4,7,10-11H2,(H,23,26)(H,24,25)(H,27,28)/t17-/m1/s1. The maximum absolute atomic E-state index is 13.5. The van der Waals surface area contributed by atoms with Crippen LogP contribution in [0.15, 0.2) is 48.5 Å². The Morgan fingerprint density at radius 1 is 1.04 bits per heavy atom. The highest BCUT2D eigenvalue weighted by Gasteiger charge is 2.20. The lowest BCUT2D eigenvalue weighted by Crippen LogP contribution is -2.42. The highest BCUT2D eigenvalue weighted by molar-refractivity contribution is 5.94. The van der Waals surface area contributed by atoms with Gasteiger partial charge in [-0.15, -0.1) is 0 Å². The van der Waals surface area contributed by atoms with E-state index in [-0.39, 0.29) is 31.4 Å². The molecule has 0 spiro atoms. The minimum absolute atomic E-state index is 0.00918. The molecule has 2 aromatic carbocycles. The third-order valence-corrected chi connectivity index (χ3v) is 3.96. The lowest BCUT2D eigenvalue weighted by molar-refractivity contribution is -0.141. The number of rotatable bonds is 9. The fraction of sp³-hybridized carbons (Fsp3) is 0.250. The lowest BCUT2D eigenvalue weighted by Gasteiger charge is -2.14. The van der Waals surface area contributed by atoms with Crippen LogP contribution >= 0.6 is 0 Å². The summed E-state index contributed by atoms with van der Waals surface area (Å²) in [6, 6.07) is 10.5. The van der Waals surface area contributed by atoms with Gasteiger partial charge in [-0.3, -0.25) is 9.59 Å². The minimum Gasteiger partial charge on any atom is -0.480 e. The van der Waals surface area contributed by atoms with Gasteiger partial charge < -0.3 is 15.7 Å². The number of amides is 2. The van der Waals surface area contributed by atoms with E-state index in [9.17, 15) is 28.3 Å². The van der Waals surface area contributed by atoms with Crippen molar-refractivity contribution < 1.29 is 28.3 Å². The van der Waals surface area contributed by atoms with Crippen molar-refractivity contribution in [3.8, 4) is 0 Å². The Balaban J connectivity index is 1.76. The monoisotopic (exact) mass is 390 g/mol. The summed E-state index contributed by atoms with van der Waals surface area (Å²) in [5.41, 5.74) is 0.489. The van der Waals surface area contributed by atoms with Crippen LogP contribution in [-0.4, -0.2) is 35.5 Å². The average Bonchev–Trinajstić information content (AvgIpc) is 2.65. The van der Waals surface area contributed by atoms with Crippen LogP contribution < -0.4 is 10.6 Å². The van der Waals surface area contributed by atoms with Crippen LogP contribution in [-0.2, 0) is 16.0 Å². The fourth-order valence-corrected chi connectivity index (χ4v) is 2.54. The van der Waals surface area contributed by atoms with E-state index in [2.05, 4.69) is 10.6 Å². The zero-order chi connectivity index (χ0) is 20.5. The van der Waals surface area contributed by atoms with Crippen LogP contribution in [0.5, 0.6) is 0 Å². The Labute approximate surface area is 160 Å². The molecular weight excluding hydrogens is 370 g/mol. The number of carbonyl (C=O) groups excluding carboxylic acids is 2. The molecule has 0 aromatic heterocycles. The maximum Gasteiger partial charge on any atom is 0.326 e. The summed E-state index contributed by atoms with van der Waals surface area (Å²) in [7, 11) is 0. The Morgan fingerprint density at radius 2 is 1.75 bits per heavy atom. The Bertz CT molecular complexity index is 843. The molecule has 148 valence electrons. The van der Waals surface area contributed by atoms with Crippen LogP contribution in [0.1, 0.15) is 28.8 Å². The highest BCUT2D eigenvalue weighted by atomic mass is 19.1. The van der Waals surface area contributed by atoms with Crippen LogP contribution in [0.25, 0.3) is 0 Å². The number of nitrogens with one attached hydrogen (secondary N) is 2. The van der Waals surface area contributed by atoms with Gasteiger partial charge in [-0.1, -0.05) is 30.3 Å². The van der Waals surface area contributed by atoms with Crippen LogP contribution in [0.4, 0.5) is 8.78 Å². The first-order valence-electron chi connectivity index (χ1n) is 8.66. The van der Waals surface area contributed by atoms with Crippen LogP contribution in [0, 0.1) is 11.6 Å². The lowest BCUT2D eigenvalue weighted by atomic mass is 10.1. The van der Waals surface area contributed by atoms with Gasteiger partial charge in [0.25, 0.3) is 5.91 Å². The van der Waals surface area contributed by atoms with Crippen molar-refractivity contribution in [1.29, 1.82) is 0 Å². The Kier molecular flexibility index (Phi) is 7.62. The van der Waals surface area contributed by atoms with Crippen molar-refractivity contribution in [2.24, 2.45) is 0 Å². The smallest absolute Gasteiger partial charge is 0.326 e. The molecule has 28 heavy (non-hydrogen) atoms. The van der Waals surface area contributed by atoms with Crippen molar-refractivity contribution in [3.63, 3.8) is 0 Å². The molecule has 0 saturated heterocycles. The van der Waals surface area contributed by atoms with Gasteiger partial charge >= 0.3 is 5.97 Å². The summed E-state index contributed by atoms with van der Waals surface area (Å²) < 4.78 is 26.4. The summed E-state index contributed by atoms with van der Waals surface area (Å²) in [6.45, 7) is 0.0828. The van der Waals surface area contributed by atoms with E-state index in [1.54, 1.807) is 24.3 Å². The summed E-state index contributed by atoms with van der Waals surface area (Å²) in [5, 5.41) is 14.1. The van der Waals surface area contributed by atoms with Gasteiger partial charge in [0.05, 0.1) is 5.56 Å². The highest BCUT2D eigenvalue weighted by Crippen LogP contribution is 2.09. The van der Waals surface area contributed by atoms with Gasteiger partial charge in [-0.25, -0.2) is 13.6 Å². The van der Waals surface area contributed by atoms with Crippen molar-refractivity contribution in [2.45, 2.75) is 25.3 Å². The quantitative estimate of drug-likeness (QED) is 0.573. The SMILES string of the molecule is O=C(CCCNC(=O)c1ccc(F)cc1F)N[C@H](Cc1ccccc1)C(=O)O. The first-order chi connectivity index (χ1) is 13.4. The Morgan fingerprint density at radius 3 is 2.39 bits per heavy atom. The predicted molar refractivity (Wildman–Crippen MR) is 97.6 cm³/mol. The van der Waals surface area contributed by atoms with Crippen LogP contribution in [0.3, 0.4) is 0 Å². The molecule has 6 nitrogen and oxygen atoms in total. The number of carboxylic acid groups (broad SMARTS) is 1. The molecule has 2 amide bonds. The number of aliphatic carboxylic acids is 1. The minimum atomic E-state index is -1.14. The zero-order valence-electron chi connectivity index (χ0n) is 15.0. The van der Waals surface area contributed by atoms with Crippen molar-refractivity contribution in [2.75, 3.05) is 6.54 Å². The molecule has 1 atom stereocenters. The third-order valence-electron chi connectivity index (χ3n) is 3.96. The second kappa shape index (κ2) is 10.1. The van der Waals surface area contributed by atoms with E-state index in [0.29, 0.717) is 6.07 Å². The molecule has 2 aromatic rings. The van der Waals surface area contributed by atoms with E-state index < -0.39 is 35.5 Å². The first-order valence-corrected chi connectivity index (χ1v) is 8.66. The van der Waals surface area contributed by atoms with Crippen molar-refractivity contribution in [3.05, 3.63) is 71.3 Å². The summed E-state index contributed by atoms with van der Waals surface area (Å²) >= 11 is 0. The van der Waals surface area contributed by atoms with Gasteiger partial charge in [-0.2, -0.15) is 0 Å². The molecule has 2 rings (SSSR count). The van der Waals surface area contributed by atoms with E-state index >= 15 is 0 Å². The van der Waals surface area contributed by atoms with Crippen LogP contribution in [0.2, 0.25) is 0 Å². The molecule has 0 unspecified atom stereocenters. The summed E-state index contributed by atoms with van der Waals surface area (Å²) in [6.07, 6.45) is 0.380. The molecule has 0 radical (unpaired) electrons. The molecule has 8 heteroatoms. The predicted octanol–water partition coefficient (Wildman–Crippen LogP) is 2.29. The second-order valence-corrected chi connectivity index (χ2v) is 6.13. The molecule has 0 fully saturated rings. The largest absolute Gasteiger partial charge is 0.480 e. The number of hydrogen-bond acceptors (Lipinski definition) is 3. The molecule has 0 heterocycles. The first kappa shape index (κ1) is 21.0. The summed E-state index contributed by atoms with van der Waals surface area (Å²) in [5.74, 6) is -4.08. The van der Waals surface area contributed by atoms with E-state index in [1.165, 1.54) is 0 Å². The molecule has 3 N–H and O–H groups in total. The van der Waals surface area contributed by atoms with Crippen molar-refractivity contribution >= 4 is 17.8 Å². The van der Waals surface area contributed by atoms with E-state index in [4.69, 9.17) is 0 Å². The van der Waals surface area contributed by atoms with Gasteiger partial charge in [0.15, 0.2) is 0 Å². The fourth-order valence-electron chi connectivity index (χ4n) is 2.54. The molecule has 0 aliphatic rings. The number of benzene rings is 2. The molecule has 0 aliphatic carbocycles. The maximum atomic E-state index is 13.5. The number of hydrogen-bond donors (Lipinski definition) is 3. The normalized spacial score (nSPS) is 11.5. The average molecular weight is 390 g/mol. The molecule has 0 saturated carbocycles. The van der Waals surface area contributed by atoms with Gasteiger partial charge in [-0.05, 0) is 24.1 Å². The van der Waals surface area contributed by atoms with Gasteiger partial charge in [0.2, 0.25) is 5.91 Å². The van der Waals surface area contributed by atoms with Crippen molar-refractivity contribution in [1.82, 2.24) is 10.6 Å². The van der Waals surface area contributed by atoms with Gasteiger partial charge in [0, 0.05) is 25.5 Å². The molecule has 0 aliphatic heterocycles. The molecular formula is C20H20F2N2O4.